The molecule has 0 atom stereocenters. The second-order valence-corrected chi connectivity index (χ2v) is 1.18. The third kappa shape index (κ3) is 1.81. The summed E-state index contributed by atoms with van der Waals surface area (Å²) in [6.45, 7) is 1.93. The molecule has 1 N–H and O–H groups in total. The van der Waals surface area contributed by atoms with Gasteiger partial charge in [0.1, 0.15) is 0 Å². The molecule has 2 nitrogen and oxygen atoms in total. The molecule has 0 bridgehead atoms. The van der Waals surface area contributed by atoms with E-state index in [-0.39, 0.29) is 18.6 Å². The van der Waals surface area contributed by atoms with Gasteiger partial charge in [0.15, 0.2) is 0 Å². The molecule has 37 valence electrons. The van der Waals surface area contributed by atoms with Crippen LogP contribution in [0.2, 0.25) is 0 Å². The van der Waals surface area contributed by atoms with Crippen molar-refractivity contribution in [3.63, 3.8) is 0 Å². The van der Waals surface area contributed by atoms with Gasteiger partial charge in [0.25, 0.3) is 0 Å². The molecule has 0 fully saturated rings. The van der Waals surface area contributed by atoms with Gasteiger partial charge >= 0.3 is 0 Å². The van der Waals surface area contributed by atoms with E-state index in [4.69, 9.17) is 0 Å². The zero-order chi connectivity index (χ0) is 4.41. The number of aromatic nitrogens is 2. The van der Waals surface area contributed by atoms with E-state index in [0.717, 1.165) is 5.69 Å². The molecule has 7 heavy (non-hydrogen) atoms. The summed E-state index contributed by atoms with van der Waals surface area (Å²) in [5.41, 5.74) is 1.05. The third-order valence-corrected chi connectivity index (χ3v) is 0.578. The SMILES string of the molecule is Cc1c[c-]n[nH]1.[V]. The van der Waals surface area contributed by atoms with Crippen molar-refractivity contribution in [2.75, 3.05) is 0 Å². The minimum atomic E-state index is 0. The summed E-state index contributed by atoms with van der Waals surface area (Å²) in [7, 11) is 0. The van der Waals surface area contributed by atoms with E-state index in [2.05, 4.69) is 16.4 Å². The largest absolute Gasteiger partial charge is 0.380 e. The maximum absolute atomic E-state index is 3.57. The number of aryl methyl sites for hydroxylation is 1. The first-order chi connectivity index (χ1) is 2.89. The van der Waals surface area contributed by atoms with Crippen LogP contribution in [0.15, 0.2) is 6.07 Å². The van der Waals surface area contributed by atoms with Crippen LogP contribution >= 0.6 is 0 Å². The molecule has 0 saturated carbocycles. The molecular formula is C4H5N2V-. The van der Waals surface area contributed by atoms with Crippen LogP contribution in [-0.2, 0) is 18.6 Å². The Balaban J connectivity index is 0.000000360. The number of hydrogen-bond donors (Lipinski definition) is 1. The average Bonchev–Trinajstić information content (AvgIpc) is 1.86. The molecule has 1 rings (SSSR count). The van der Waals surface area contributed by atoms with E-state index in [9.17, 15) is 0 Å². The minimum absolute atomic E-state index is 0. The Kier molecular flexibility index (Phi) is 2.80. The van der Waals surface area contributed by atoms with Crippen LogP contribution in [0.3, 0.4) is 0 Å². The number of nitrogens with one attached hydrogen (secondary N) is 1. The van der Waals surface area contributed by atoms with Crippen molar-refractivity contribution in [2.45, 2.75) is 6.92 Å². The maximum Gasteiger partial charge on any atom is 0 e. The summed E-state index contributed by atoms with van der Waals surface area (Å²) in [5.74, 6) is 0. The maximum atomic E-state index is 3.57. The summed E-state index contributed by atoms with van der Waals surface area (Å²) < 4.78 is 0. The Morgan fingerprint density at radius 3 is 2.71 bits per heavy atom. The Bertz CT molecular complexity index is 113. The van der Waals surface area contributed by atoms with E-state index in [0.29, 0.717) is 0 Å². The summed E-state index contributed by atoms with van der Waals surface area (Å²) in [6, 6.07) is 1.79. The van der Waals surface area contributed by atoms with Crippen LogP contribution in [0.4, 0.5) is 0 Å². The Morgan fingerprint density at radius 1 is 1.86 bits per heavy atom. The zero-order valence-electron chi connectivity index (χ0n) is 3.97. The predicted octanol–water partition coefficient (Wildman–Crippen LogP) is 0.516. The van der Waals surface area contributed by atoms with Gasteiger partial charge in [-0.1, -0.05) is 6.92 Å². The standard InChI is InChI=1S/C4H5N2.V/c1-4-2-3-5-6-4;/h2H,1H3,(H,5,6);/q-1;. The number of rotatable bonds is 0. The zero-order valence-corrected chi connectivity index (χ0v) is 5.37. The molecule has 0 aliphatic heterocycles. The van der Waals surface area contributed by atoms with E-state index in [1.54, 1.807) is 6.07 Å². The molecule has 0 unspecified atom stereocenters. The van der Waals surface area contributed by atoms with Crippen molar-refractivity contribution < 1.29 is 18.6 Å². The van der Waals surface area contributed by atoms with Crippen molar-refractivity contribution in [3.8, 4) is 0 Å². The van der Waals surface area contributed by atoms with Gasteiger partial charge < -0.3 is 10.2 Å². The van der Waals surface area contributed by atoms with Crippen LogP contribution in [0.1, 0.15) is 5.69 Å². The van der Waals surface area contributed by atoms with Gasteiger partial charge in [-0.3, -0.25) is 0 Å². The van der Waals surface area contributed by atoms with E-state index < -0.39 is 0 Å². The van der Waals surface area contributed by atoms with Gasteiger partial charge in [0.2, 0.25) is 0 Å². The van der Waals surface area contributed by atoms with E-state index in [1.807, 2.05) is 6.92 Å². The second kappa shape index (κ2) is 2.89. The molecule has 0 spiro atoms. The Morgan fingerprint density at radius 2 is 2.57 bits per heavy atom. The topological polar surface area (TPSA) is 28.7 Å². The number of nitrogens with zero attached hydrogens (tertiary/aromatic N) is 1. The van der Waals surface area contributed by atoms with Gasteiger partial charge in [-0.25, -0.2) is 0 Å². The summed E-state index contributed by atoms with van der Waals surface area (Å²) in [6.07, 6.45) is 2.62. The van der Waals surface area contributed by atoms with Crippen LogP contribution in [-0.4, -0.2) is 10.2 Å². The molecule has 0 saturated heterocycles. The summed E-state index contributed by atoms with van der Waals surface area (Å²) >= 11 is 0. The molecule has 0 aromatic carbocycles. The van der Waals surface area contributed by atoms with E-state index >= 15 is 0 Å². The van der Waals surface area contributed by atoms with Crippen molar-refractivity contribution in [1.29, 1.82) is 0 Å². The molecule has 1 heterocycles. The van der Waals surface area contributed by atoms with Gasteiger partial charge in [0.05, 0.1) is 0 Å². The molecule has 3 heteroatoms. The van der Waals surface area contributed by atoms with Crippen LogP contribution in [0.25, 0.3) is 0 Å². The first kappa shape index (κ1) is 6.79. The molecule has 1 aromatic rings. The molecular weight excluding hydrogens is 127 g/mol. The number of H-pyrrole nitrogens is 1. The summed E-state index contributed by atoms with van der Waals surface area (Å²) in [5, 5.41) is 6.27. The normalized spacial score (nSPS) is 7.57. The second-order valence-electron chi connectivity index (χ2n) is 1.18. The van der Waals surface area contributed by atoms with Crippen LogP contribution in [0, 0.1) is 13.1 Å². The van der Waals surface area contributed by atoms with Gasteiger partial charge in [-0.05, 0) is 0 Å². The first-order valence-corrected chi connectivity index (χ1v) is 1.77. The van der Waals surface area contributed by atoms with Crippen molar-refractivity contribution in [1.82, 2.24) is 10.2 Å². The number of hydrogen-bond acceptors (Lipinski definition) is 1. The molecule has 1 radical (unpaired) electrons. The average molecular weight is 132 g/mol. The fourth-order valence-corrected chi connectivity index (χ4v) is 0.282. The Hall–Kier alpha value is -0.206. The van der Waals surface area contributed by atoms with Crippen LogP contribution < -0.4 is 0 Å². The van der Waals surface area contributed by atoms with Crippen molar-refractivity contribution in [3.05, 3.63) is 18.0 Å². The van der Waals surface area contributed by atoms with Crippen LogP contribution in [0.5, 0.6) is 0 Å². The third-order valence-electron chi connectivity index (χ3n) is 0.578. The molecule has 0 amide bonds. The van der Waals surface area contributed by atoms with Crippen molar-refractivity contribution in [2.24, 2.45) is 0 Å². The number of aromatic amines is 1. The quantitative estimate of drug-likeness (QED) is 0.512. The minimum Gasteiger partial charge on any atom is -0.380 e. The monoisotopic (exact) mass is 132 g/mol. The smallest absolute Gasteiger partial charge is 0 e. The first-order valence-electron chi connectivity index (χ1n) is 1.77. The fourth-order valence-electron chi connectivity index (χ4n) is 0.282. The predicted molar refractivity (Wildman–Crippen MR) is 22.2 cm³/mol. The summed E-state index contributed by atoms with van der Waals surface area (Å²) in [4.78, 5) is 0. The molecule has 0 aliphatic rings. The van der Waals surface area contributed by atoms with Crippen molar-refractivity contribution >= 4 is 0 Å². The molecule has 0 aliphatic carbocycles. The van der Waals surface area contributed by atoms with Gasteiger partial charge in [-0.2, -0.15) is 6.07 Å². The molecule has 1 aromatic heterocycles. The van der Waals surface area contributed by atoms with E-state index in [1.165, 1.54) is 0 Å². The van der Waals surface area contributed by atoms with Gasteiger partial charge in [-0.15, -0.1) is 11.9 Å². The Labute approximate surface area is 54.2 Å². The van der Waals surface area contributed by atoms with Gasteiger partial charge in [0, 0.05) is 18.6 Å². The fraction of sp³-hybridized carbons (Fsp3) is 0.250.